The lowest BCUT2D eigenvalue weighted by molar-refractivity contribution is -0.274. The summed E-state index contributed by atoms with van der Waals surface area (Å²) in [7, 11) is 4.58. The fourth-order valence-corrected chi connectivity index (χ4v) is 3.52. The van der Waals surface area contributed by atoms with E-state index < -0.39 is 24.4 Å². The average Bonchev–Trinajstić information content (AvgIpc) is 3.32. The first-order chi connectivity index (χ1) is 18.5. The van der Waals surface area contributed by atoms with Crippen LogP contribution in [0, 0.1) is 0 Å². The zero-order valence-corrected chi connectivity index (χ0v) is 20.8. The number of nitrogens with one attached hydrogen (secondary N) is 2. The van der Waals surface area contributed by atoms with Crippen molar-refractivity contribution in [3.8, 4) is 28.4 Å². The molecule has 0 saturated carbocycles. The van der Waals surface area contributed by atoms with Gasteiger partial charge in [0, 0.05) is 60.9 Å². The summed E-state index contributed by atoms with van der Waals surface area (Å²) in [5, 5.41) is 9.50. The highest BCUT2D eigenvalue weighted by atomic mass is 19.4. The Bertz CT molecular complexity index is 1450. The van der Waals surface area contributed by atoms with Gasteiger partial charge >= 0.3 is 6.36 Å². The van der Waals surface area contributed by atoms with Crippen LogP contribution >= 0.6 is 0 Å². The Morgan fingerprint density at radius 3 is 2.36 bits per heavy atom. The van der Waals surface area contributed by atoms with Crippen LogP contribution in [-0.2, 0) is 13.6 Å². The zero-order chi connectivity index (χ0) is 28.2. The Morgan fingerprint density at radius 2 is 1.72 bits per heavy atom. The number of alkyl halides is 5. The summed E-state index contributed by atoms with van der Waals surface area (Å²) in [5.41, 5.74) is 1.04. The number of hydrogen-bond acceptors (Lipinski definition) is 9. The maximum absolute atomic E-state index is 13.5. The minimum atomic E-state index is -4.99. The van der Waals surface area contributed by atoms with Crippen LogP contribution in [0.3, 0.4) is 0 Å². The topological polar surface area (TPSA) is 108 Å². The van der Waals surface area contributed by atoms with Crippen LogP contribution in [0.4, 0.5) is 39.4 Å². The van der Waals surface area contributed by atoms with Gasteiger partial charge in [0.25, 0.3) is 6.43 Å². The molecule has 1 aromatic carbocycles. The van der Waals surface area contributed by atoms with Crippen LogP contribution in [0.25, 0.3) is 11.1 Å². The lowest BCUT2D eigenvalue weighted by atomic mass is 10.1. The van der Waals surface area contributed by atoms with Crippen molar-refractivity contribution in [3.63, 3.8) is 0 Å². The first-order valence-electron chi connectivity index (χ1n) is 11.2. The van der Waals surface area contributed by atoms with Gasteiger partial charge in [-0.2, -0.15) is 5.10 Å². The number of hydrogen-bond donors (Lipinski definition) is 2. The maximum atomic E-state index is 13.5. The van der Waals surface area contributed by atoms with Gasteiger partial charge in [0.2, 0.25) is 0 Å². The minimum Gasteiger partial charge on any atom is -0.497 e. The van der Waals surface area contributed by atoms with Gasteiger partial charge in [-0.3, -0.25) is 4.68 Å². The molecule has 39 heavy (non-hydrogen) atoms. The molecule has 0 aliphatic rings. The molecule has 0 saturated heterocycles. The Balaban J connectivity index is 1.61. The normalized spacial score (nSPS) is 11.4. The van der Waals surface area contributed by atoms with Crippen molar-refractivity contribution in [1.82, 2.24) is 24.7 Å². The number of halogens is 5. The number of nitrogens with zero attached hydrogens (tertiary/aromatic N) is 5. The van der Waals surface area contributed by atoms with Crippen LogP contribution in [0.2, 0.25) is 0 Å². The van der Waals surface area contributed by atoms with Crippen molar-refractivity contribution in [2.24, 2.45) is 7.05 Å². The smallest absolute Gasteiger partial charge is 0.497 e. The number of pyridine rings is 1. The molecule has 0 bridgehead atoms. The molecule has 3 heterocycles. The quantitative estimate of drug-likeness (QED) is 0.248. The fraction of sp³-hybridized carbons (Fsp3) is 0.250. The molecule has 3 aromatic heterocycles. The molecule has 15 heteroatoms. The molecule has 0 fully saturated rings. The molecule has 0 atom stereocenters. The SMILES string of the molecule is COc1ccc(CNc2cc(Nc3cc(OC(F)(F)F)c(-c4cnn(C)c4)cn3)nc(C(F)F)n2)c(OC)c1. The molecule has 0 amide bonds. The van der Waals surface area contributed by atoms with E-state index in [1.54, 1.807) is 25.2 Å². The highest BCUT2D eigenvalue weighted by Gasteiger charge is 2.33. The van der Waals surface area contributed by atoms with Gasteiger partial charge in [0.15, 0.2) is 5.82 Å². The molecular weight excluding hydrogens is 529 g/mol. The predicted octanol–water partition coefficient (Wildman–Crippen LogP) is 5.48. The summed E-state index contributed by atoms with van der Waals surface area (Å²) in [6, 6.07) is 7.39. The summed E-state index contributed by atoms with van der Waals surface area (Å²) in [6.07, 6.45) is -4.03. The number of anilines is 3. The van der Waals surface area contributed by atoms with Gasteiger partial charge < -0.3 is 24.8 Å². The number of ether oxygens (including phenoxy) is 3. The number of rotatable bonds is 10. The van der Waals surface area contributed by atoms with Crippen molar-refractivity contribution >= 4 is 17.5 Å². The van der Waals surface area contributed by atoms with Crippen LogP contribution in [0.15, 0.2) is 48.9 Å². The number of aryl methyl sites for hydroxylation is 1. The molecule has 0 unspecified atom stereocenters. The van der Waals surface area contributed by atoms with E-state index in [1.807, 2.05) is 0 Å². The summed E-state index contributed by atoms with van der Waals surface area (Å²) >= 11 is 0. The van der Waals surface area contributed by atoms with Gasteiger partial charge in [-0.15, -0.1) is 13.2 Å². The molecule has 0 aliphatic carbocycles. The maximum Gasteiger partial charge on any atom is 0.573 e. The predicted molar refractivity (Wildman–Crippen MR) is 130 cm³/mol. The van der Waals surface area contributed by atoms with Crippen molar-refractivity contribution in [1.29, 1.82) is 0 Å². The van der Waals surface area contributed by atoms with Crippen molar-refractivity contribution in [3.05, 3.63) is 60.3 Å². The van der Waals surface area contributed by atoms with E-state index >= 15 is 0 Å². The molecule has 0 aliphatic heterocycles. The summed E-state index contributed by atoms with van der Waals surface area (Å²) in [4.78, 5) is 11.7. The van der Waals surface area contributed by atoms with Crippen LogP contribution in [0.5, 0.6) is 17.2 Å². The fourth-order valence-electron chi connectivity index (χ4n) is 3.52. The van der Waals surface area contributed by atoms with Crippen LogP contribution < -0.4 is 24.8 Å². The number of aromatic nitrogens is 5. The van der Waals surface area contributed by atoms with E-state index in [9.17, 15) is 22.0 Å². The third kappa shape index (κ3) is 7.00. The summed E-state index contributed by atoms with van der Waals surface area (Å²) < 4.78 is 82.5. The van der Waals surface area contributed by atoms with E-state index in [0.717, 1.165) is 12.3 Å². The van der Waals surface area contributed by atoms with Crippen LogP contribution in [-0.4, -0.2) is 45.3 Å². The summed E-state index contributed by atoms with van der Waals surface area (Å²) in [5.74, 6) is -0.547. The lowest BCUT2D eigenvalue weighted by Gasteiger charge is -2.15. The van der Waals surface area contributed by atoms with E-state index in [0.29, 0.717) is 22.6 Å². The Labute approximate surface area is 218 Å². The molecular formula is C24H22F5N7O3. The van der Waals surface area contributed by atoms with Crippen LogP contribution in [0.1, 0.15) is 17.8 Å². The van der Waals surface area contributed by atoms with Gasteiger partial charge in [-0.25, -0.2) is 23.7 Å². The highest BCUT2D eigenvalue weighted by molar-refractivity contribution is 5.71. The minimum absolute atomic E-state index is 0.0257. The first-order valence-corrected chi connectivity index (χ1v) is 11.2. The van der Waals surface area contributed by atoms with Crippen molar-refractivity contribution < 1.29 is 36.2 Å². The van der Waals surface area contributed by atoms with E-state index in [2.05, 4.69) is 35.4 Å². The molecule has 0 radical (unpaired) electrons. The Morgan fingerprint density at radius 1 is 0.949 bits per heavy atom. The molecule has 4 aromatic rings. The number of methoxy groups -OCH3 is 2. The molecule has 2 N–H and O–H groups in total. The highest BCUT2D eigenvalue weighted by Crippen LogP contribution is 2.35. The van der Waals surface area contributed by atoms with Gasteiger partial charge in [0.1, 0.15) is 34.7 Å². The van der Waals surface area contributed by atoms with Crippen molar-refractivity contribution in [2.45, 2.75) is 19.3 Å². The second-order valence-corrected chi connectivity index (χ2v) is 7.97. The monoisotopic (exact) mass is 551 g/mol. The van der Waals surface area contributed by atoms with Gasteiger partial charge in [-0.05, 0) is 12.1 Å². The second kappa shape index (κ2) is 11.4. The third-order valence-electron chi connectivity index (χ3n) is 5.26. The van der Waals surface area contributed by atoms with E-state index in [4.69, 9.17) is 9.47 Å². The Hall–Kier alpha value is -4.69. The molecule has 4 rings (SSSR count). The van der Waals surface area contributed by atoms with E-state index in [1.165, 1.54) is 37.4 Å². The molecule has 0 spiro atoms. The molecule has 10 nitrogen and oxygen atoms in total. The van der Waals surface area contributed by atoms with Gasteiger partial charge in [0.05, 0.1) is 20.4 Å². The standard InChI is InChI=1S/C24H22F5N7O3/c1-36-12-14(10-32-36)16-11-31-19(7-18(16)39-24(27,28)29)33-21-8-20(34-23(35-21)22(25)26)30-9-13-4-5-15(37-2)6-17(13)38-3/h4-8,10-12,22H,9H2,1-3H3,(H2,30,31,33,34,35). The largest absolute Gasteiger partial charge is 0.573 e. The first kappa shape index (κ1) is 27.3. The average molecular weight is 551 g/mol. The summed E-state index contributed by atoms with van der Waals surface area (Å²) in [6.45, 7) is 0.147. The number of benzene rings is 1. The lowest BCUT2D eigenvalue weighted by Crippen LogP contribution is -2.18. The molecule has 206 valence electrons. The van der Waals surface area contributed by atoms with Gasteiger partial charge in [-0.1, -0.05) is 0 Å². The van der Waals surface area contributed by atoms with E-state index in [-0.39, 0.29) is 29.6 Å². The second-order valence-electron chi connectivity index (χ2n) is 7.97. The van der Waals surface area contributed by atoms with Crippen molar-refractivity contribution in [2.75, 3.05) is 24.9 Å². The third-order valence-corrected chi connectivity index (χ3v) is 5.26. The zero-order valence-electron chi connectivity index (χ0n) is 20.8. The Kier molecular flexibility index (Phi) is 7.97.